The van der Waals surface area contributed by atoms with Gasteiger partial charge in [0.05, 0.1) is 12.6 Å². The molecule has 2 heterocycles. The monoisotopic (exact) mass is 341 g/mol. The molecule has 1 amide bonds. The summed E-state index contributed by atoms with van der Waals surface area (Å²) < 4.78 is 10.9. The van der Waals surface area contributed by atoms with Crippen LogP contribution in [0.1, 0.15) is 54.9 Å². The van der Waals surface area contributed by atoms with E-state index in [9.17, 15) is 4.79 Å². The standard InChI is InChI=1S/C19H23N3O3/c23-17(13-24-12-10-14-5-2-1-3-6-14)22-11-4-7-16(22)18-20-19(25-21-18)15-8-9-15/h1-3,5-6,15-16H,4,7-13H2/t16-/m0/s1. The third-order valence-corrected chi connectivity index (χ3v) is 4.86. The van der Waals surface area contributed by atoms with Crippen molar-refractivity contribution in [1.29, 1.82) is 0 Å². The molecule has 0 bridgehead atoms. The van der Waals surface area contributed by atoms with E-state index in [1.54, 1.807) is 0 Å². The topological polar surface area (TPSA) is 68.5 Å². The Morgan fingerprint density at radius 3 is 2.88 bits per heavy atom. The van der Waals surface area contributed by atoms with Gasteiger partial charge in [0.25, 0.3) is 0 Å². The lowest BCUT2D eigenvalue weighted by Crippen LogP contribution is -2.34. The second-order valence-corrected chi connectivity index (χ2v) is 6.80. The molecule has 0 unspecified atom stereocenters. The van der Waals surface area contributed by atoms with Crippen molar-refractivity contribution in [2.24, 2.45) is 0 Å². The van der Waals surface area contributed by atoms with Crippen LogP contribution < -0.4 is 0 Å². The lowest BCUT2D eigenvalue weighted by Gasteiger charge is -2.22. The summed E-state index contributed by atoms with van der Waals surface area (Å²) in [6.07, 6.45) is 4.93. The average Bonchev–Trinajstić information content (AvgIpc) is 3.18. The van der Waals surface area contributed by atoms with Crippen LogP contribution in [0, 0.1) is 0 Å². The summed E-state index contributed by atoms with van der Waals surface area (Å²) in [5.74, 6) is 1.83. The fraction of sp³-hybridized carbons (Fsp3) is 0.526. The van der Waals surface area contributed by atoms with Gasteiger partial charge in [-0.05, 0) is 37.7 Å². The minimum absolute atomic E-state index is 0.00772. The fourth-order valence-electron chi connectivity index (χ4n) is 3.29. The van der Waals surface area contributed by atoms with E-state index >= 15 is 0 Å². The first kappa shape index (κ1) is 16.3. The van der Waals surface area contributed by atoms with E-state index in [1.165, 1.54) is 5.56 Å². The van der Waals surface area contributed by atoms with E-state index < -0.39 is 0 Å². The molecule has 1 aliphatic carbocycles. The number of hydrogen-bond donors (Lipinski definition) is 0. The van der Waals surface area contributed by atoms with Gasteiger partial charge < -0.3 is 14.2 Å². The van der Waals surface area contributed by atoms with Gasteiger partial charge >= 0.3 is 0 Å². The van der Waals surface area contributed by atoms with Crippen LogP contribution in [0.4, 0.5) is 0 Å². The molecule has 1 aliphatic heterocycles. The molecule has 25 heavy (non-hydrogen) atoms. The van der Waals surface area contributed by atoms with Gasteiger partial charge in [0.15, 0.2) is 5.82 Å². The van der Waals surface area contributed by atoms with E-state index in [4.69, 9.17) is 9.26 Å². The number of likely N-dealkylation sites (tertiary alicyclic amines) is 1. The minimum atomic E-state index is -0.0681. The Kier molecular flexibility index (Phi) is 4.78. The number of hydrogen-bond acceptors (Lipinski definition) is 5. The van der Waals surface area contributed by atoms with Crippen molar-refractivity contribution in [3.63, 3.8) is 0 Å². The third kappa shape index (κ3) is 3.90. The van der Waals surface area contributed by atoms with E-state index in [1.807, 2.05) is 23.1 Å². The van der Waals surface area contributed by atoms with Gasteiger partial charge in [0.1, 0.15) is 6.61 Å². The van der Waals surface area contributed by atoms with Gasteiger partial charge in [0.2, 0.25) is 11.8 Å². The lowest BCUT2D eigenvalue weighted by atomic mass is 10.2. The SMILES string of the molecule is O=C(COCCc1ccccc1)N1CCC[C@H]1c1noc(C2CC2)n1. The second-order valence-electron chi connectivity index (χ2n) is 6.80. The Balaban J connectivity index is 1.28. The summed E-state index contributed by atoms with van der Waals surface area (Å²) in [6.45, 7) is 1.39. The molecule has 2 aromatic rings. The van der Waals surface area contributed by atoms with Gasteiger partial charge in [-0.3, -0.25) is 4.79 Å². The molecule has 2 fully saturated rings. The number of rotatable bonds is 7. The van der Waals surface area contributed by atoms with Gasteiger partial charge in [-0.2, -0.15) is 4.98 Å². The summed E-state index contributed by atoms with van der Waals surface area (Å²) in [4.78, 5) is 18.9. The van der Waals surface area contributed by atoms with Crippen LogP contribution in [0.2, 0.25) is 0 Å². The first-order valence-corrected chi connectivity index (χ1v) is 9.06. The number of amides is 1. The van der Waals surface area contributed by atoms with Gasteiger partial charge in [-0.15, -0.1) is 0 Å². The minimum Gasteiger partial charge on any atom is -0.371 e. The van der Waals surface area contributed by atoms with Crippen LogP contribution in [0.5, 0.6) is 0 Å². The Hall–Kier alpha value is -2.21. The number of benzene rings is 1. The average molecular weight is 341 g/mol. The molecule has 1 atom stereocenters. The van der Waals surface area contributed by atoms with Crippen molar-refractivity contribution < 1.29 is 14.1 Å². The maximum Gasteiger partial charge on any atom is 0.249 e. The highest BCUT2D eigenvalue weighted by atomic mass is 16.5. The Morgan fingerprint density at radius 2 is 2.08 bits per heavy atom. The lowest BCUT2D eigenvalue weighted by molar-refractivity contribution is -0.137. The summed E-state index contributed by atoms with van der Waals surface area (Å²) >= 11 is 0. The van der Waals surface area contributed by atoms with Crippen molar-refractivity contribution in [3.8, 4) is 0 Å². The van der Waals surface area contributed by atoms with Crippen LogP contribution in [0.25, 0.3) is 0 Å². The van der Waals surface area contributed by atoms with Crippen LogP contribution in [-0.2, 0) is 16.0 Å². The van der Waals surface area contributed by atoms with Gasteiger partial charge in [0, 0.05) is 12.5 Å². The molecule has 1 saturated heterocycles. The third-order valence-electron chi connectivity index (χ3n) is 4.86. The second kappa shape index (κ2) is 7.35. The highest BCUT2D eigenvalue weighted by Gasteiger charge is 2.35. The summed E-state index contributed by atoms with van der Waals surface area (Å²) in [5, 5.41) is 4.11. The zero-order valence-corrected chi connectivity index (χ0v) is 14.3. The molecule has 0 N–H and O–H groups in total. The van der Waals surface area contributed by atoms with Crippen LogP contribution in [0.15, 0.2) is 34.9 Å². The maximum absolute atomic E-state index is 12.5. The van der Waals surface area contributed by atoms with E-state index in [2.05, 4.69) is 22.3 Å². The van der Waals surface area contributed by atoms with Crippen molar-refractivity contribution in [2.75, 3.05) is 19.8 Å². The molecule has 1 aromatic heterocycles. The van der Waals surface area contributed by atoms with E-state index in [0.717, 1.165) is 44.5 Å². The first-order valence-electron chi connectivity index (χ1n) is 9.06. The number of aromatic nitrogens is 2. The number of ether oxygens (including phenoxy) is 1. The zero-order chi connectivity index (χ0) is 17.1. The maximum atomic E-state index is 12.5. The van der Waals surface area contributed by atoms with Gasteiger partial charge in [-0.1, -0.05) is 35.5 Å². The number of carbonyl (C=O) groups excluding carboxylic acids is 1. The molecule has 1 aromatic carbocycles. The highest BCUT2D eigenvalue weighted by molar-refractivity contribution is 5.78. The molecular weight excluding hydrogens is 318 g/mol. The molecule has 132 valence electrons. The first-order chi connectivity index (χ1) is 12.3. The van der Waals surface area contributed by atoms with Gasteiger partial charge in [-0.25, -0.2) is 0 Å². The Morgan fingerprint density at radius 1 is 1.24 bits per heavy atom. The highest BCUT2D eigenvalue weighted by Crippen LogP contribution is 2.40. The van der Waals surface area contributed by atoms with Crippen LogP contribution in [-0.4, -0.2) is 40.7 Å². The summed E-state index contributed by atoms with van der Waals surface area (Å²) in [6, 6.07) is 10.1. The van der Waals surface area contributed by atoms with Crippen LogP contribution >= 0.6 is 0 Å². The molecule has 1 saturated carbocycles. The molecule has 2 aliphatic rings. The fourth-order valence-corrected chi connectivity index (χ4v) is 3.29. The molecular formula is C19H23N3O3. The summed E-state index contributed by atoms with van der Waals surface area (Å²) in [5.41, 5.74) is 1.22. The molecule has 6 nitrogen and oxygen atoms in total. The van der Waals surface area contributed by atoms with Crippen molar-refractivity contribution >= 4 is 5.91 Å². The zero-order valence-electron chi connectivity index (χ0n) is 14.3. The van der Waals surface area contributed by atoms with Crippen molar-refractivity contribution in [2.45, 2.75) is 44.1 Å². The molecule has 4 rings (SSSR count). The summed E-state index contributed by atoms with van der Waals surface area (Å²) in [7, 11) is 0. The molecule has 6 heteroatoms. The quantitative estimate of drug-likeness (QED) is 0.724. The predicted molar refractivity (Wildman–Crippen MR) is 90.9 cm³/mol. The molecule has 0 radical (unpaired) electrons. The Labute approximate surface area is 147 Å². The number of carbonyl (C=O) groups is 1. The number of nitrogens with zero attached hydrogens (tertiary/aromatic N) is 3. The largest absolute Gasteiger partial charge is 0.371 e. The van der Waals surface area contributed by atoms with Crippen LogP contribution in [0.3, 0.4) is 0 Å². The predicted octanol–water partition coefficient (Wildman–Crippen LogP) is 2.87. The normalized spacial score (nSPS) is 20.2. The van der Waals surface area contributed by atoms with E-state index in [-0.39, 0.29) is 18.6 Å². The molecule has 0 spiro atoms. The Bertz CT molecular complexity index is 712. The van der Waals surface area contributed by atoms with Crippen molar-refractivity contribution in [3.05, 3.63) is 47.6 Å². The van der Waals surface area contributed by atoms with Crippen molar-refractivity contribution in [1.82, 2.24) is 15.0 Å². The smallest absolute Gasteiger partial charge is 0.249 e. The van der Waals surface area contributed by atoms with E-state index in [0.29, 0.717) is 18.3 Å².